The fourth-order valence-electron chi connectivity index (χ4n) is 1.94. The molecule has 1 saturated carbocycles. The molecule has 1 fully saturated rings. The molecule has 0 heterocycles. The van der Waals surface area contributed by atoms with Gasteiger partial charge in [0.1, 0.15) is 12.2 Å². The zero-order chi connectivity index (χ0) is 9.84. The maximum atomic E-state index is 10.6. The Morgan fingerprint density at radius 2 is 2.15 bits per heavy atom. The number of hydrogen-bond acceptors (Lipinski definition) is 2. The van der Waals surface area contributed by atoms with Gasteiger partial charge in [-0.1, -0.05) is 13.8 Å². The standard InChI is InChI=1S/C11H16O2/c1-8(2)9-3-4-10(6-12)11(5-9)7-13/h6,8-10H,3-5H2,1-2H3. The van der Waals surface area contributed by atoms with E-state index in [1.165, 1.54) is 0 Å². The zero-order valence-electron chi connectivity index (χ0n) is 8.25. The van der Waals surface area contributed by atoms with Gasteiger partial charge in [0.05, 0.1) is 0 Å². The lowest BCUT2D eigenvalue weighted by Gasteiger charge is -2.28. The van der Waals surface area contributed by atoms with Gasteiger partial charge in [-0.3, -0.25) is 0 Å². The second-order valence-electron chi connectivity index (χ2n) is 4.16. The van der Waals surface area contributed by atoms with Crippen LogP contribution >= 0.6 is 0 Å². The lowest BCUT2D eigenvalue weighted by Crippen LogP contribution is -2.22. The van der Waals surface area contributed by atoms with Crippen molar-refractivity contribution in [3.05, 3.63) is 5.57 Å². The summed E-state index contributed by atoms with van der Waals surface area (Å²) in [6.07, 6.45) is 3.55. The molecule has 0 spiro atoms. The molecule has 2 nitrogen and oxygen atoms in total. The van der Waals surface area contributed by atoms with E-state index in [1.807, 2.05) is 5.94 Å². The van der Waals surface area contributed by atoms with Crippen LogP contribution in [-0.2, 0) is 9.59 Å². The molecule has 2 heteroatoms. The van der Waals surface area contributed by atoms with Gasteiger partial charge in [0, 0.05) is 11.5 Å². The highest BCUT2D eigenvalue weighted by Gasteiger charge is 2.27. The molecule has 72 valence electrons. The van der Waals surface area contributed by atoms with Crippen molar-refractivity contribution in [2.24, 2.45) is 17.8 Å². The number of carbonyl (C=O) groups excluding carboxylic acids is 2. The van der Waals surface area contributed by atoms with Crippen molar-refractivity contribution < 1.29 is 9.59 Å². The Morgan fingerprint density at radius 1 is 1.46 bits per heavy atom. The Balaban J connectivity index is 2.69. The Labute approximate surface area is 79.0 Å². The highest BCUT2D eigenvalue weighted by molar-refractivity contribution is 5.67. The first-order valence-electron chi connectivity index (χ1n) is 4.88. The molecule has 0 amide bonds. The van der Waals surface area contributed by atoms with Gasteiger partial charge in [0.15, 0.2) is 0 Å². The van der Waals surface area contributed by atoms with Gasteiger partial charge in [-0.05, 0) is 31.1 Å². The highest BCUT2D eigenvalue weighted by Crippen LogP contribution is 2.34. The molecule has 2 unspecified atom stereocenters. The summed E-state index contributed by atoms with van der Waals surface area (Å²) in [5.74, 6) is 2.94. The van der Waals surface area contributed by atoms with Crippen LogP contribution < -0.4 is 0 Å². The molecule has 0 aliphatic heterocycles. The van der Waals surface area contributed by atoms with Crippen molar-refractivity contribution in [1.29, 1.82) is 0 Å². The van der Waals surface area contributed by atoms with E-state index < -0.39 is 0 Å². The van der Waals surface area contributed by atoms with Crippen LogP contribution in [0.5, 0.6) is 0 Å². The maximum Gasteiger partial charge on any atom is 0.127 e. The van der Waals surface area contributed by atoms with E-state index in [9.17, 15) is 9.59 Å². The maximum absolute atomic E-state index is 10.6. The van der Waals surface area contributed by atoms with E-state index in [1.54, 1.807) is 0 Å². The minimum Gasteiger partial charge on any atom is -0.303 e. The molecular weight excluding hydrogens is 164 g/mol. The van der Waals surface area contributed by atoms with E-state index in [0.29, 0.717) is 17.4 Å². The van der Waals surface area contributed by atoms with Crippen molar-refractivity contribution in [3.8, 4) is 0 Å². The average Bonchev–Trinajstić information content (AvgIpc) is 2.16. The van der Waals surface area contributed by atoms with Crippen LogP contribution in [-0.4, -0.2) is 12.2 Å². The molecular formula is C11H16O2. The summed E-state index contributed by atoms with van der Waals surface area (Å²) in [6, 6.07) is 0. The van der Waals surface area contributed by atoms with Crippen LogP contribution in [0.3, 0.4) is 0 Å². The van der Waals surface area contributed by atoms with Crippen LogP contribution in [0.25, 0.3) is 0 Å². The Hall–Kier alpha value is -0.880. The van der Waals surface area contributed by atoms with E-state index >= 15 is 0 Å². The topological polar surface area (TPSA) is 34.1 Å². The summed E-state index contributed by atoms with van der Waals surface area (Å²) in [5, 5.41) is 0. The molecule has 2 atom stereocenters. The quantitative estimate of drug-likeness (QED) is 0.481. The van der Waals surface area contributed by atoms with Crippen molar-refractivity contribution in [3.63, 3.8) is 0 Å². The normalized spacial score (nSPS) is 28.7. The predicted molar refractivity (Wildman–Crippen MR) is 50.9 cm³/mol. The minimum absolute atomic E-state index is 0.146. The summed E-state index contributed by atoms with van der Waals surface area (Å²) in [6.45, 7) is 4.32. The Bertz CT molecular complexity index is 236. The summed E-state index contributed by atoms with van der Waals surface area (Å²) in [4.78, 5) is 21.2. The van der Waals surface area contributed by atoms with Gasteiger partial charge in [0.2, 0.25) is 0 Å². The lowest BCUT2D eigenvalue weighted by atomic mass is 9.75. The smallest absolute Gasteiger partial charge is 0.127 e. The van der Waals surface area contributed by atoms with Crippen molar-refractivity contribution in [2.45, 2.75) is 33.1 Å². The molecule has 0 aromatic heterocycles. The monoisotopic (exact) mass is 180 g/mol. The van der Waals surface area contributed by atoms with Crippen LogP contribution in [0, 0.1) is 17.8 Å². The van der Waals surface area contributed by atoms with Gasteiger partial charge >= 0.3 is 0 Å². The van der Waals surface area contributed by atoms with Gasteiger partial charge < -0.3 is 4.79 Å². The van der Waals surface area contributed by atoms with Gasteiger partial charge in [-0.2, -0.15) is 0 Å². The first-order valence-corrected chi connectivity index (χ1v) is 4.88. The summed E-state index contributed by atoms with van der Waals surface area (Å²) >= 11 is 0. The highest BCUT2D eigenvalue weighted by atomic mass is 16.1. The number of carbonyl (C=O) groups is 1. The number of rotatable bonds is 2. The summed E-state index contributed by atoms with van der Waals surface area (Å²) in [5.41, 5.74) is 0.681. The summed E-state index contributed by atoms with van der Waals surface area (Å²) in [7, 11) is 0. The van der Waals surface area contributed by atoms with Crippen molar-refractivity contribution in [1.82, 2.24) is 0 Å². The average molecular weight is 180 g/mol. The van der Waals surface area contributed by atoms with Crippen LogP contribution in [0.4, 0.5) is 0 Å². The molecule has 0 saturated heterocycles. The molecule has 0 aromatic carbocycles. The molecule has 0 N–H and O–H groups in total. The molecule has 1 aliphatic rings. The molecule has 0 radical (unpaired) electrons. The largest absolute Gasteiger partial charge is 0.303 e. The molecule has 1 rings (SSSR count). The third-order valence-corrected chi connectivity index (χ3v) is 3.02. The van der Waals surface area contributed by atoms with Gasteiger partial charge in [-0.15, -0.1) is 0 Å². The third kappa shape index (κ3) is 2.28. The predicted octanol–water partition coefficient (Wildman–Crippen LogP) is 2.02. The number of hydrogen-bond donors (Lipinski definition) is 0. The van der Waals surface area contributed by atoms with Gasteiger partial charge in [-0.25, -0.2) is 4.79 Å². The van der Waals surface area contributed by atoms with E-state index in [-0.39, 0.29) is 5.92 Å². The Kier molecular flexibility index (Phi) is 3.44. The van der Waals surface area contributed by atoms with Crippen LogP contribution in [0.15, 0.2) is 5.57 Å². The van der Waals surface area contributed by atoms with Crippen molar-refractivity contribution >= 4 is 12.2 Å². The first kappa shape index (κ1) is 10.2. The zero-order valence-corrected chi connectivity index (χ0v) is 8.25. The molecule has 1 aliphatic carbocycles. The van der Waals surface area contributed by atoms with E-state index in [0.717, 1.165) is 25.5 Å². The SMILES string of the molecule is CC(C)C1CCC(C=O)C(=C=O)C1. The fourth-order valence-corrected chi connectivity index (χ4v) is 1.94. The van der Waals surface area contributed by atoms with Gasteiger partial charge in [0.25, 0.3) is 0 Å². The van der Waals surface area contributed by atoms with Crippen LogP contribution in [0.2, 0.25) is 0 Å². The third-order valence-electron chi connectivity index (χ3n) is 3.02. The minimum atomic E-state index is -0.146. The van der Waals surface area contributed by atoms with E-state index in [4.69, 9.17) is 0 Å². The van der Waals surface area contributed by atoms with E-state index in [2.05, 4.69) is 13.8 Å². The second kappa shape index (κ2) is 4.38. The lowest BCUT2D eigenvalue weighted by molar-refractivity contribution is -0.110. The Morgan fingerprint density at radius 3 is 2.62 bits per heavy atom. The molecule has 13 heavy (non-hydrogen) atoms. The number of allylic oxidation sites excluding steroid dienone is 1. The first-order chi connectivity index (χ1) is 6.19. The fraction of sp³-hybridized carbons (Fsp3) is 0.727. The van der Waals surface area contributed by atoms with Crippen LogP contribution in [0.1, 0.15) is 33.1 Å². The molecule has 0 aromatic rings. The van der Waals surface area contributed by atoms with Crippen molar-refractivity contribution in [2.75, 3.05) is 0 Å². The molecule has 0 bridgehead atoms. The second-order valence-corrected chi connectivity index (χ2v) is 4.16. The summed E-state index contributed by atoms with van der Waals surface area (Å²) < 4.78 is 0. The number of aldehydes is 1.